The minimum absolute atomic E-state index is 0.149. The first-order valence-electron chi connectivity index (χ1n) is 25.6. The molecule has 0 spiro atoms. The molecule has 0 saturated heterocycles. The van der Waals surface area contributed by atoms with Crippen molar-refractivity contribution in [3.05, 3.63) is 175 Å². The molecule has 0 atom stereocenters. The molecule has 0 unspecified atom stereocenters. The summed E-state index contributed by atoms with van der Waals surface area (Å²) < 4.78 is 47.3. The van der Waals surface area contributed by atoms with Crippen LogP contribution in [-0.4, -0.2) is 86.9 Å². The molecule has 390 valence electrons. The number of fused-ring (bicyclic) bond motifs is 21. The van der Waals surface area contributed by atoms with Crippen molar-refractivity contribution >= 4 is 105 Å². The quantitative estimate of drug-likeness (QED) is 0.160. The minimum atomic E-state index is -0.312. The van der Waals surface area contributed by atoms with Crippen molar-refractivity contribution in [1.82, 2.24) is 26.9 Å². The molecule has 0 saturated carbocycles. The van der Waals surface area contributed by atoms with E-state index in [1.807, 2.05) is 105 Å². The first kappa shape index (κ1) is 48.0. The fraction of sp³-hybridized carbons (Fsp3) is 0.190. The number of aryl methyl sites for hydroxylation is 3. The summed E-state index contributed by atoms with van der Waals surface area (Å²) in [6.07, 6.45) is 12.6. The molecule has 7 heterocycles. The minimum Gasteiger partial charge on any atom is -0.497 e. The summed E-state index contributed by atoms with van der Waals surface area (Å²) >= 11 is 0. The molecule has 0 radical (unpaired) electrons. The normalized spacial score (nSPS) is 14.7. The summed E-state index contributed by atoms with van der Waals surface area (Å²) in [5.74, 6) is 1.43. The Labute approximate surface area is 446 Å². The van der Waals surface area contributed by atoms with Crippen LogP contribution in [0.25, 0.3) is 87.2 Å². The molecular weight excluding hydrogens is 985 g/mol. The number of aromatic nitrogens is 6. The molecule has 0 amide bonds. The maximum absolute atomic E-state index is 14.7. The van der Waals surface area contributed by atoms with Gasteiger partial charge in [-0.15, -0.1) is 0 Å². The zero-order chi connectivity index (χ0) is 54.0. The van der Waals surface area contributed by atoms with Crippen LogP contribution in [-0.2, 0) is 53.1 Å². The van der Waals surface area contributed by atoms with Gasteiger partial charge in [-0.1, -0.05) is 19.7 Å². The highest BCUT2D eigenvalue weighted by molar-refractivity contribution is 6.13. The molecule has 7 aromatic rings. The number of methoxy groups -OCH3 is 6. The SMILES string of the molecule is C=c1c2c3c4ccc(OC)cc4n2cc2cc(n4c(=C)c5c(c6ccc(OC)cc6n5cc5cc(n6c(=C)c7c(c8ccc(OC)cc8n7cc7cc(n1CC3)C=C(OC)C7=O)CC6)C=C(OC)C5=O)CC4)C=C(OC)C2=O. The van der Waals surface area contributed by atoms with E-state index in [4.69, 9.17) is 48.2 Å². The van der Waals surface area contributed by atoms with Gasteiger partial charge in [0.05, 0.1) is 91.8 Å². The zero-order valence-corrected chi connectivity index (χ0v) is 44.1. The topological polar surface area (TPSA) is 135 Å². The molecular formula is C63H54N6O9. The fourth-order valence-electron chi connectivity index (χ4n) is 12.3. The van der Waals surface area contributed by atoms with Gasteiger partial charge < -0.3 is 55.3 Å². The van der Waals surface area contributed by atoms with Gasteiger partial charge in [0, 0.05) is 125 Å². The lowest BCUT2D eigenvalue weighted by Gasteiger charge is -2.20. The van der Waals surface area contributed by atoms with Gasteiger partial charge in [0.1, 0.15) is 17.2 Å². The monoisotopic (exact) mass is 1040 g/mol. The van der Waals surface area contributed by atoms with E-state index in [2.05, 4.69) is 13.7 Å². The molecule has 4 aromatic heterocycles. The standard InChI is InChI=1S/C63H54N6O9/c1-34-58-49-16-19-64(34)40-22-37(61(70)55(25-40)76-7)32-68-53-29-44(74-5)11-14-47(53)50-18-21-66(35(2)59(50)68)42-24-39(63(72)57(27-42)78-9)33-69-54-30-45(75-6)12-15-48(54)51-17-20-65(36(3)60(51)69)41-23-38(62(71)56(26-41)77-8)31-67(58)52-28-43(73-4)10-13-46(49)52/h10-15,22-33H,1-3,16-21H2,4-9H3. The molecule has 78 heavy (non-hydrogen) atoms. The Morgan fingerprint density at radius 1 is 0.385 bits per heavy atom. The van der Waals surface area contributed by atoms with E-state index in [1.54, 1.807) is 39.6 Å². The van der Waals surface area contributed by atoms with E-state index < -0.39 is 0 Å². The van der Waals surface area contributed by atoms with E-state index in [0.717, 1.165) is 65.9 Å². The van der Waals surface area contributed by atoms with Crippen LogP contribution in [0.1, 0.15) is 64.8 Å². The van der Waals surface area contributed by atoms with E-state index in [9.17, 15) is 14.4 Å². The Bertz CT molecular complexity index is 4190. The number of hydrogen-bond donors (Lipinski definition) is 0. The van der Waals surface area contributed by atoms with Crippen LogP contribution in [0.15, 0.2) is 109 Å². The second kappa shape index (κ2) is 18.0. The second-order valence-corrected chi connectivity index (χ2v) is 19.9. The van der Waals surface area contributed by atoms with Crippen LogP contribution in [0, 0.1) is 0 Å². The predicted molar refractivity (Wildman–Crippen MR) is 303 cm³/mol. The van der Waals surface area contributed by atoms with Gasteiger partial charge in [-0.25, -0.2) is 0 Å². The highest BCUT2D eigenvalue weighted by Gasteiger charge is 2.28. The molecule has 6 aliphatic rings. The number of hydrogen-bond acceptors (Lipinski definition) is 9. The lowest BCUT2D eigenvalue weighted by atomic mass is 10.0. The first-order valence-corrected chi connectivity index (χ1v) is 25.6. The molecule has 12 bridgehead atoms. The first-order chi connectivity index (χ1) is 37.9. The second-order valence-electron chi connectivity index (χ2n) is 19.9. The number of carbonyl (C=O) groups excluding carboxylic acids is 3. The smallest absolute Gasteiger partial charge is 0.229 e. The molecule has 3 aliphatic carbocycles. The Morgan fingerprint density at radius 2 is 0.667 bits per heavy atom. The van der Waals surface area contributed by atoms with Crippen molar-refractivity contribution in [3.63, 3.8) is 0 Å². The summed E-state index contributed by atoms with van der Waals surface area (Å²) in [6.45, 7) is 15.9. The predicted octanol–water partition coefficient (Wildman–Crippen LogP) is 8.69. The molecule has 3 aromatic carbocycles. The number of Topliss-reactive ketones (excluding diaryl/α,β-unsaturated/α-hetero) is 3. The third kappa shape index (κ3) is 7.06. The maximum Gasteiger partial charge on any atom is 0.229 e. The molecule has 15 heteroatoms. The molecule has 3 aliphatic heterocycles. The van der Waals surface area contributed by atoms with E-state index in [1.165, 1.54) is 21.3 Å². The average molecular weight is 1040 g/mol. The largest absolute Gasteiger partial charge is 0.497 e. The van der Waals surface area contributed by atoms with Crippen molar-refractivity contribution in [2.75, 3.05) is 42.7 Å². The lowest BCUT2D eigenvalue weighted by molar-refractivity contribution is 0.0948. The van der Waals surface area contributed by atoms with Crippen LogP contribution in [0.4, 0.5) is 0 Å². The van der Waals surface area contributed by atoms with E-state index in [-0.39, 0.29) is 34.6 Å². The molecule has 13 rings (SSSR count). The summed E-state index contributed by atoms with van der Waals surface area (Å²) in [7, 11) is 9.37. The van der Waals surface area contributed by atoms with Gasteiger partial charge in [0.15, 0.2) is 17.3 Å². The Kier molecular flexibility index (Phi) is 11.1. The van der Waals surface area contributed by atoms with Crippen LogP contribution >= 0.6 is 0 Å². The van der Waals surface area contributed by atoms with Crippen molar-refractivity contribution in [2.45, 2.75) is 38.9 Å². The number of allylic oxidation sites excluding steroid dienone is 3. The van der Waals surface area contributed by atoms with Gasteiger partial charge >= 0.3 is 0 Å². The lowest BCUT2D eigenvalue weighted by Crippen LogP contribution is -2.28. The average Bonchev–Trinajstić information content (AvgIpc) is 4.24. The summed E-state index contributed by atoms with van der Waals surface area (Å²) in [5.41, 5.74) is 11.0. The van der Waals surface area contributed by atoms with Crippen LogP contribution in [0.2, 0.25) is 0 Å². The Morgan fingerprint density at radius 3 is 0.923 bits per heavy atom. The number of ether oxygens (including phenoxy) is 6. The van der Waals surface area contributed by atoms with Gasteiger partial charge in [0.2, 0.25) is 17.3 Å². The zero-order valence-electron chi connectivity index (χ0n) is 44.1. The van der Waals surface area contributed by atoms with Crippen LogP contribution < -0.4 is 30.3 Å². The Balaban J connectivity index is 1.28. The van der Waals surface area contributed by atoms with Gasteiger partial charge in [0.25, 0.3) is 0 Å². The van der Waals surface area contributed by atoms with Gasteiger partial charge in [-0.2, -0.15) is 0 Å². The third-order valence-corrected chi connectivity index (χ3v) is 16.1. The molecule has 15 nitrogen and oxygen atoms in total. The number of rotatable bonds is 6. The van der Waals surface area contributed by atoms with Crippen molar-refractivity contribution in [1.29, 1.82) is 0 Å². The summed E-state index contributed by atoms with van der Waals surface area (Å²) in [4.78, 5) is 44.0. The third-order valence-electron chi connectivity index (χ3n) is 16.1. The fourth-order valence-corrected chi connectivity index (χ4v) is 12.3. The van der Waals surface area contributed by atoms with E-state index >= 15 is 0 Å². The highest BCUT2D eigenvalue weighted by atomic mass is 16.5. The van der Waals surface area contributed by atoms with Crippen LogP contribution in [0.5, 0.6) is 17.2 Å². The number of benzene rings is 3. The molecule has 0 fully saturated rings. The highest BCUT2D eigenvalue weighted by Crippen LogP contribution is 2.35. The van der Waals surface area contributed by atoms with Gasteiger partial charge in [-0.3, -0.25) is 14.4 Å². The van der Waals surface area contributed by atoms with Crippen LogP contribution in [0.3, 0.4) is 0 Å². The molecule has 0 N–H and O–H groups in total. The van der Waals surface area contributed by atoms with Crippen molar-refractivity contribution in [2.24, 2.45) is 0 Å². The van der Waals surface area contributed by atoms with E-state index in [0.29, 0.717) is 106 Å². The summed E-state index contributed by atoms with van der Waals surface area (Å²) in [6, 6.07) is 23.5. The maximum atomic E-state index is 14.7. The number of nitrogens with zero attached hydrogens (tertiary/aromatic N) is 6. The summed E-state index contributed by atoms with van der Waals surface area (Å²) in [5, 5.41) is 4.88. The van der Waals surface area contributed by atoms with Crippen molar-refractivity contribution in [3.8, 4) is 17.2 Å². The number of ketones is 3. The Hall–Kier alpha value is -9.63. The number of carbonyl (C=O) groups is 3. The van der Waals surface area contributed by atoms with Gasteiger partial charge in [-0.05, 0) is 90.6 Å². The van der Waals surface area contributed by atoms with Crippen molar-refractivity contribution < 1.29 is 42.8 Å².